The molecule has 0 aromatic heterocycles. The molecular formula is C14H20N2O. The van der Waals surface area contributed by atoms with Gasteiger partial charge in [-0.2, -0.15) is 0 Å². The van der Waals surface area contributed by atoms with Gasteiger partial charge in [0.05, 0.1) is 13.2 Å². The molecule has 1 saturated carbocycles. The smallest absolute Gasteiger partial charge is 0.0725 e. The normalized spacial score (nSPS) is 21.0. The molecule has 3 N–H and O–H groups in total. The van der Waals surface area contributed by atoms with Gasteiger partial charge in [0.15, 0.2) is 0 Å². The molecule has 1 fully saturated rings. The van der Waals surface area contributed by atoms with E-state index in [0.717, 1.165) is 25.6 Å². The maximum Gasteiger partial charge on any atom is 0.0725 e. The van der Waals surface area contributed by atoms with Crippen molar-refractivity contribution in [2.24, 2.45) is 11.8 Å². The van der Waals surface area contributed by atoms with Crippen molar-refractivity contribution in [3.8, 4) is 0 Å². The summed E-state index contributed by atoms with van der Waals surface area (Å²) >= 11 is 0. The zero-order chi connectivity index (χ0) is 11.7. The molecule has 1 aromatic carbocycles. The Labute approximate surface area is 102 Å². The molecule has 0 bridgehead atoms. The lowest BCUT2D eigenvalue weighted by Gasteiger charge is -2.29. The molecule has 1 atom stereocenters. The van der Waals surface area contributed by atoms with Gasteiger partial charge < -0.3 is 4.74 Å². The minimum atomic E-state index is 0.297. The van der Waals surface area contributed by atoms with Crippen molar-refractivity contribution in [1.29, 1.82) is 0 Å². The lowest BCUT2D eigenvalue weighted by atomic mass is 9.79. The van der Waals surface area contributed by atoms with Gasteiger partial charge >= 0.3 is 0 Å². The van der Waals surface area contributed by atoms with Crippen LogP contribution in [0.4, 0.5) is 0 Å². The fourth-order valence-corrected chi connectivity index (χ4v) is 2.77. The van der Waals surface area contributed by atoms with E-state index in [1.54, 1.807) is 0 Å². The summed E-state index contributed by atoms with van der Waals surface area (Å²) in [5, 5.41) is 0. The second-order valence-corrected chi connectivity index (χ2v) is 5.27. The van der Waals surface area contributed by atoms with E-state index in [2.05, 4.69) is 23.6 Å². The third-order valence-corrected chi connectivity index (χ3v) is 4.14. The third kappa shape index (κ3) is 2.23. The standard InChI is InChI=1S/C14H20N2O/c15-16-14(6-10-2-1-3-10)11-4-5-12-8-17-9-13(12)7-11/h4-5,7,10,14,16H,1-3,6,8-9,15H2. The van der Waals surface area contributed by atoms with E-state index < -0.39 is 0 Å². The molecule has 3 heteroatoms. The van der Waals surface area contributed by atoms with Crippen LogP contribution in [0.1, 0.15) is 48.4 Å². The maximum absolute atomic E-state index is 5.70. The lowest BCUT2D eigenvalue weighted by Crippen LogP contribution is -2.31. The van der Waals surface area contributed by atoms with Crippen molar-refractivity contribution in [1.82, 2.24) is 5.43 Å². The fraction of sp³-hybridized carbons (Fsp3) is 0.571. The van der Waals surface area contributed by atoms with E-state index in [1.807, 2.05) is 0 Å². The Kier molecular flexibility index (Phi) is 3.14. The third-order valence-electron chi connectivity index (χ3n) is 4.14. The first-order chi connectivity index (χ1) is 8.36. The van der Waals surface area contributed by atoms with Gasteiger partial charge in [-0.1, -0.05) is 37.5 Å². The Morgan fingerprint density at radius 1 is 1.29 bits per heavy atom. The highest BCUT2D eigenvalue weighted by molar-refractivity contribution is 5.34. The minimum Gasteiger partial charge on any atom is -0.372 e. The number of hydrogen-bond acceptors (Lipinski definition) is 3. The topological polar surface area (TPSA) is 47.3 Å². The Balaban J connectivity index is 1.76. The molecule has 0 saturated heterocycles. The number of rotatable bonds is 4. The Bertz CT molecular complexity index is 401. The van der Waals surface area contributed by atoms with Gasteiger partial charge in [0.25, 0.3) is 0 Å². The summed E-state index contributed by atoms with van der Waals surface area (Å²) in [4.78, 5) is 0. The molecular weight excluding hydrogens is 212 g/mol. The summed E-state index contributed by atoms with van der Waals surface area (Å²) in [7, 11) is 0. The van der Waals surface area contributed by atoms with Crippen molar-refractivity contribution in [3.63, 3.8) is 0 Å². The number of hydrazine groups is 1. The average Bonchev–Trinajstić information content (AvgIpc) is 2.75. The molecule has 2 aliphatic rings. The first-order valence-electron chi connectivity index (χ1n) is 6.52. The number of benzene rings is 1. The molecule has 3 nitrogen and oxygen atoms in total. The Hall–Kier alpha value is -0.900. The summed E-state index contributed by atoms with van der Waals surface area (Å²) in [6.45, 7) is 1.52. The SMILES string of the molecule is NNC(CC1CCC1)c1ccc2c(c1)COC2. The molecule has 1 heterocycles. The molecule has 1 aliphatic carbocycles. The van der Waals surface area contributed by atoms with E-state index in [-0.39, 0.29) is 0 Å². The molecule has 1 aliphatic heterocycles. The van der Waals surface area contributed by atoms with Crippen LogP contribution >= 0.6 is 0 Å². The second-order valence-electron chi connectivity index (χ2n) is 5.27. The first kappa shape index (κ1) is 11.2. The summed E-state index contributed by atoms with van der Waals surface area (Å²) < 4.78 is 5.45. The van der Waals surface area contributed by atoms with E-state index in [0.29, 0.717) is 6.04 Å². The number of ether oxygens (including phenoxy) is 1. The quantitative estimate of drug-likeness (QED) is 0.619. The van der Waals surface area contributed by atoms with E-state index >= 15 is 0 Å². The highest BCUT2D eigenvalue weighted by atomic mass is 16.5. The van der Waals surface area contributed by atoms with E-state index in [9.17, 15) is 0 Å². The number of nitrogens with two attached hydrogens (primary N) is 1. The molecule has 3 rings (SSSR count). The molecule has 17 heavy (non-hydrogen) atoms. The summed E-state index contributed by atoms with van der Waals surface area (Å²) in [6, 6.07) is 6.93. The summed E-state index contributed by atoms with van der Waals surface area (Å²) in [5.41, 5.74) is 6.93. The van der Waals surface area contributed by atoms with Gasteiger partial charge in [-0.15, -0.1) is 0 Å². The van der Waals surface area contributed by atoms with Crippen molar-refractivity contribution >= 4 is 0 Å². The maximum atomic E-state index is 5.70. The summed E-state index contributed by atoms with van der Waals surface area (Å²) in [5.74, 6) is 6.56. The predicted molar refractivity (Wildman–Crippen MR) is 67.0 cm³/mol. The zero-order valence-corrected chi connectivity index (χ0v) is 10.1. The number of fused-ring (bicyclic) bond motifs is 1. The predicted octanol–water partition coefficient (Wildman–Crippen LogP) is 2.41. The van der Waals surface area contributed by atoms with Crippen LogP contribution in [-0.4, -0.2) is 0 Å². The first-order valence-corrected chi connectivity index (χ1v) is 6.52. The molecule has 1 unspecified atom stereocenters. The van der Waals surface area contributed by atoms with Gasteiger partial charge in [-0.3, -0.25) is 11.3 Å². The van der Waals surface area contributed by atoms with Gasteiger partial charge in [-0.25, -0.2) is 0 Å². The van der Waals surface area contributed by atoms with Gasteiger partial charge in [0.1, 0.15) is 0 Å². The lowest BCUT2D eigenvalue weighted by molar-refractivity contribution is 0.134. The van der Waals surface area contributed by atoms with Crippen LogP contribution in [0, 0.1) is 5.92 Å². The van der Waals surface area contributed by atoms with Crippen LogP contribution in [0.5, 0.6) is 0 Å². The molecule has 0 spiro atoms. The minimum absolute atomic E-state index is 0.297. The molecule has 1 aromatic rings. The molecule has 0 amide bonds. The highest BCUT2D eigenvalue weighted by Gasteiger charge is 2.23. The van der Waals surface area contributed by atoms with Crippen molar-refractivity contribution < 1.29 is 4.74 Å². The van der Waals surface area contributed by atoms with Gasteiger partial charge in [0.2, 0.25) is 0 Å². The summed E-state index contributed by atoms with van der Waals surface area (Å²) in [6.07, 6.45) is 5.29. The van der Waals surface area contributed by atoms with Crippen LogP contribution < -0.4 is 11.3 Å². The number of nitrogens with one attached hydrogen (secondary N) is 1. The van der Waals surface area contributed by atoms with Crippen LogP contribution in [0.15, 0.2) is 18.2 Å². The average molecular weight is 232 g/mol. The number of hydrogen-bond donors (Lipinski definition) is 2. The van der Waals surface area contributed by atoms with Gasteiger partial charge in [-0.05, 0) is 29.0 Å². The fourth-order valence-electron chi connectivity index (χ4n) is 2.77. The van der Waals surface area contributed by atoms with Gasteiger partial charge in [0, 0.05) is 6.04 Å². The monoisotopic (exact) mass is 232 g/mol. The van der Waals surface area contributed by atoms with Crippen LogP contribution in [0.3, 0.4) is 0 Å². The largest absolute Gasteiger partial charge is 0.372 e. The molecule has 0 radical (unpaired) electrons. The van der Waals surface area contributed by atoms with Crippen LogP contribution in [-0.2, 0) is 18.0 Å². The molecule has 92 valence electrons. The van der Waals surface area contributed by atoms with Crippen molar-refractivity contribution in [2.75, 3.05) is 0 Å². The van der Waals surface area contributed by atoms with Crippen LogP contribution in [0.2, 0.25) is 0 Å². The van der Waals surface area contributed by atoms with Crippen molar-refractivity contribution in [2.45, 2.75) is 44.9 Å². The Morgan fingerprint density at radius 2 is 2.12 bits per heavy atom. The Morgan fingerprint density at radius 3 is 2.82 bits per heavy atom. The van der Waals surface area contributed by atoms with Crippen molar-refractivity contribution in [3.05, 3.63) is 34.9 Å². The van der Waals surface area contributed by atoms with E-state index in [1.165, 1.54) is 36.0 Å². The van der Waals surface area contributed by atoms with E-state index in [4.69, 9.17) is 10.6 Å². The van der Waals surface area contributed by atoms with Crippen LogP contribution in [0.25, 0.3) is 0 Å². The second kappa shape index (κ2) is 4.77. The zero-order valence-electron chi connectivity index (χ0n) is 10.1. The highest BCUT2D eigenvalue weighted by Crippen LogP contribution is 2.35.